The summed E-state index contributed by atoms with van der Waals surface area (Å²) >= 11 is 5.88. The third kappa shape index (κ3) is 2.92. The van der Waals surface area contributed by atoms with Crippen molar-refractivity contribution in [1.29, 1.82) is 0 Å². The average Bonchev–Trinajstić information content (AvgIpc) is 2.09. The summed E-state index contributed by atoms with van der Waals surface area (Å²) in [7, 11) is -1.92. The van der Waals surface area contributed by atoms with Crippen LogP contribution in [0, 0.1) is 0 Å². The Morgan fingerprint density at radius 2 is 1.81 bits per heavy atom. The van der Waals surface area contributed by atoms with Gasteiger partial charge in [-0.05, 0) is 30.3 Å². The Morgan fingerprint density at radius 1 is 1.25 bits per heavy atom. The van der Waals surface area contributed by atoms with E-state index in [9.17, 15) is 5.11 Å². The van der Waals surface area contributed by atoms with E-state index in [-0.39, 0.29) is 10.8 Å². The third-order valence-electron chi connectivity index (χ3n) is 3.09. The van der Waals surface area contributed by atoms with Crippen molar-refractivity contribution in [3.8, 4) is 11.5 Å². The normalized spacial score (nSPS) is 12.6. The summed E-state index contributed by atoms with van der Waals surface area (Å²) in [4.78, 5) is 0. The van der Waals surface area contributed by atoms with Crippen LogP contribution in [0.2, 0.25) is 23.2 Å². The Hall–Kier alpha value is -0.673. The number of aromatic hydroxyl groups is 1. The zero-order valence-electron chi connectivity index (χ0n) is 10.5. The van der Waals surface area contributed by atoms with Crippen molar-refractivity contribution in [3.05, 3.63) is 23.2 Å². The molecule has 90 valence electrons. The Labute approximate surface area is 103 Å². The molecule has 0 saturated heterocycles. The summed E-state index contributed by atoms with van der Waals surface area (Å²) < 4.78 is 5.98. The molecule has 0 bridgehead atoms. The van der Waals surface area contributed by atoms with Gasteiger partial charge in [0.15, 0.2) is 5.75 Å². The van der Waals surface area contributed by atoms with Crippen molar-refractivity contribution < 1.29 is 9.53 Å². The van der Waals surface area contributed by atoms with Gasteiger partial charge in [-0.25, -0.2) is 0 Å². The van der Waals surface area contributed by atoms with Crippen molar-refractivity contribution >= 4 is 19.9 Å². The van der Waals surface area contributed by atoms with Gasteiger partial charge in [-0.15, -0.1) is 0 Å². The molecule has 0 radical (unpaired) electrons. The SMILES string of the molecule is CC(C)(C)[Si](C)(C)Oc1cc(Cl)ccc1O. The number of hydrogen-bond donors (Lipinski definition) is 1. The summed E-state index contributed by atoms with van der Waals surface area (Å²) in [5.74, 6) is 0.633. The van der Waals surface area contributed by atoms with Crippen molar-refractivity contribution in [2.24, 2.45) is 0 Å². The van der Waals surface area contributed by atoms with Gasteiger partial charge in [0.05, 0.1) is 0 Å². The average molecular weight is 259 g/mol. The molecule has 1 N–H and O–H groups in total. The Bertz CT molecular complexity index is 383. The standard InChI is InChI=1S/C12H19ClO2Si/c1-12(2,3)16(4,5)15-11-8-9(13)6-7-10(11)14/h6-8,14H,1-5H3. The first-order valence-corrected chi connectivity index (χ1v) is 8.60. The van der Waals surface area contributed by atoms with Crippen molar-refractivity contribution in [2.45, 2.75) is 38.9 Å². The van der Waals surface area contributed by atoms with Crippen LogP contribution in [0.25, 0.3) is 0 Å². The molecule has 16 heavy (non-hydrogen) atoms. The maximum absolute atomic E-state index is 9.70. The quantitative estimate of drug-likeness (QED) is 0.796. The largest absolute Gasteiger partial charge is 0.541 e. The minimum Gasteiger partial charge on any atom is -0.541 e. The highest BCUT2D eigenvalue weighted by Gasteiger charge is 2.39. The van der Waals surface area contributed by atoms with E-state index in [0.717, 1.165) is 0 Å². The predicted octanol–water partition coefficient (Wildman–Crippen LogP) is 4.43. The molecule has 0 spiro atoms. The van der Waals surface area contributed by atoms with Crippen LogP contribution >= 0.6 is 11.6 Å². The molecule has 0 atom stereocenters. The Kier molecular flexibility index (Phi) is 3.60. The van der Waals surface area contributed by atoms with E-state index in [0.29, 0.717) is 10.8 Å². The van der Waals surface area contributed by atoms with E-state index in [4.69, 9.17) is 16.0 Å². The molecule has 0 aliphatic heterocycles. The molecule has 0 fully saturated rings. The van der Waals surface area contributed by atoms with Gasteiger partial charge in [-0.3, -0.25) is 0 Å². The van der Waals surface area contributed by atoms with E-state index < -0.39 is 8.32 Å². The van der Waals surface area contributed by atoms with Gasteiger partial charge in [-0.1, -0.05) is 32.4 Å². The van der Waals surface area contributed by atoms with Gasteiger partial charge in [0.2, 0.25) is 0 Å². The zero-order valence-corrected chi connectivity index (χ0v) is 12.2. The lowest BCUT2D eigenvalue weighted by atomic mass is 10.2. The predicted molar refractivity (Wildman–Crippen MR) is 70.9 cm³/mol. The van der Waals surface area contributed by atoms with Crippen molar-refractivity contribution in [1.82, 2.24) is 0 Å². The number of benzene rings is 1. The fraction of sp³-hybridized carbons (Fsp3) is 0.500. The summed E-state index contributed by atoms with van der Waals surface area (Å²) in [5.41, 5.74) is 0. The Balaban J connectivity index is 3.01. The lowest BCUT2D eigenvalue weighted by Gasteiger charge is -2.36. The highest BCUT2D eigenvalue weighted by molar-refractivity contribution is 6.74. The second kappa shape index (κ2) is 4.30. The monoisotopic (exact) mass is 258 g/mol. The molecule has 1 rings (SSSR count). The molecule has 1 aromatic rings. The smallest absolute Gasteiger partial charge is 0.250 e. The van der Waals surface area contributed by atoms with Crippen molar-refractivity contribution in [2.75, 3.05) is 0 Å². The maximum Gasteiger partial charge on any atom is 0.250 e. The number of rotatable bonds is 2. The molecule has 0 heterocycles. The highest BCUT2D eigenvalue weighted by atomic mass is 35.5. The number of halogens is 1. The van der Waals surface area contributed by atoms with Gasteiger partial charge in [0.1, 0.15) is 5.75 Å². The van der Waals surface area contributed by atoms with E-state index in [1.54, 1.807) is 18.2 Å². The van der Waals surface area contributed by atoms with Crippen molar-refractivity contribution in [3.63, 3.8) is 0 Å². The number of phenols is 1. The minimum atomic E-state index is -1.92. The van der Waals surface area contributed by atoms with Gasteiger partial charge >= 0.3 is 0 Å². The number of phenolic OH excluding ortho intramolecular Hbond substituents is 1. The molecular formula is C12H19ClO2Si. The molecule has 0 aromatic heterocycles. The number of hydrogen-bond acceptors (Lipinski definition) is 2. The molecule has 0 aliphatic carbocycles. The van der Waals surface area contributed by atoms with Gasteiger partial charge in [0.25, 0.3) is 8.32 Å². The zero-order chi connectivity index (χ0) is 12.6. The first-order chi connectivity index (χ1) is 7.13. The van der Waals surface area contributed by atoms with Crippen LogP contribution in [0.3, 0.4) is 0 Å². The van der Waals surface area contributed by atoms with Crippen LogP contribution in [0.5, 0.6) is 11.5 Å². The molecule has 0 saturated carbocycles. The molecule has 0 aliphatic rings. The molecule has 1 aromatic carbocycles. The van der Waals surface area contributed by atoms with Gasteiger partial charge in [-0.2, -0.15) is 0 Å². The van der Waals surface area contributed by atoms with E-state index in [2.05, 4.69) is 33.9 Å². The third-order valence-corrected chi connectivity index (χ3v) is 7.67. The topological polar surface area (TPSA) is 29.5 Å². The van der Waals surface area contributed by atoms with E-state index in [1.807, 2.05) is 0 Å². The molecule has 4 heteroatoms. The van der Waals surface area contributed by atoms with E-state index >= 15 is 0 Å². The van der Waals surface area contributed by atoms with Crippen LogP contribution in [-0.4, -0.2) is 13.4 Å². The van der Waals surface area contributed by atoms with Crippen LogP contribution in [0.15, 0.2) is 18.2 Å². The summed E-state index contributed by atoms with van der Waals surface area (Å²) in [6.07, 6.45) is 0. The fourth-order valence-corrected chi connectivity index (χ4v) is 2.18. The molecular weight excluding hydrogens is 240 g/mol. The van der Waals surface area contributed by atoms with E-state index in [1.165, 1.54) is 0 Å². The first-order valence-electron chi connectivity index (χ1n) is 5.31. The molecule has 0 unspecified atom stereocenters. The second-order valence-corrected chi connectivity index (χ2v) is 10.6. The van der Waals surface area contributed by atoms with Crippen LogP contribution < -0.4 is 4.43 Å². The summed E-state index contributed by atoms with van der Waals surface area (Å²) in [6.45, 7) is 10.7. The lowest BCUT2D eigenvalue weighted by Crippen LogP contribution is -2.43. The highest BCUT2D eigenvalue weighted by Crippen LogP contribution is 2.40. The second-order valence-electron chi connectivity index (χ2n) is 5.47. The van der Waals surface area contributed by atoms with Crippen LogP contribution in [0.1, 0.15) is 20.8 Å². The van der Waals surface area contributed by atoms with Gasteiger partial charge in [0, 0.05) is 11.1 Å². The minimum absolute atomic E-state index is 0.0990. The molecule has 2 nitrogen and oxygen atoms in total. The van der Waals surface area contributed by atoms with Crippen LogP contribution in [0.4, 0.5) is 0 Å². The molecule has 0 amide bonds. The summed E-state index contributed by atoms with van der Waals surface area (Å²) in [5, 5.41) is 10.4. The van der Waals surface area contributed by atoms with Crippen LogP contribution in [-0.2, 0) is 0 Å². The fourth-order valence-electron chi connectivity index (χ4n) is 0.998. The Morgan fingerprint density at radius 3 is 2.31 bits per heavy atom. The summed E-state index contributed by atoms with van der Waals surface area (Å²) in [6, 6.07) is 4.87. The first kappa shape index (κ1) is 13.4. The van der Waals surface area contributed by atoms with Gasteiger partial charge < -0.3 is 9.53 Å². The lowest BCUT2D eigenvalue weighted by molar-refractivity contribution is 0.422. The maximum atomic E-state index is 9.70.